The van der Waals surface area contributed by atoms with E-state index in [0.29, 0.717) is 13.2 Å². The third-order valence-corrected chi connectivity index (χ3v) is 9.55. The van der Waals surface area contributed by atoms with Gasteiger partial charge in [0.2, 0.25) is 0 Å². The summed E-state index contributed by atoms with van der Waals surface area (Å²) in [5, 5.41) is 17.6. The number of thioether (sulfide) groups is 1. The lowest BCUT2D eigenvalue weighted by atomic mass is 10.0. The average molecular weight is 571 g/mol. The van der Waals surface area contributed by atoms with Gasteiger partial charge in [-0.1, -0.05) is 180 Å². The van der Waals surface area contributed by atoms with Crippen LogP contribution < -0.4 is 0 Å². The van der Waals surface area contributed by atoms with Crippen molar-refractivity contribution >= 4 is 11.8 Å². The molecule has 2 N–H and O–H groups in total. The van der Waals surface area contributed by atoms with Crippen molar-refractivity contribution in [3.63, 3.8) is 0 Å². The lowest BCUT2D eigenvalue weighted by Gasteiger charge is -2.05. The van der Waals surface area contributed by atoms with Gasteiger partial charge >= 0.3 is 0 Å². The van der Waals surface area contributed by atoms with E-state index in [1.807, 2.05) is 0 Å². The Morgan fingerprint density at radius 1 is 0.205 bits per heavy atom. The van der Waals surface area contributed by atoms with E-state index in [0.717, 1.165) is 12.8 Å². The first-order chi connectivity index (χ1) is 19.4. The first-order valence-electron chi connectivity index (χ1n) is 18.2. The Kier molecular flexibility index (Phi) is 38.5. The Morgan fingerprint density at radius 2 is 0.359 bits per heavy atom. The molecule has 0 aromatic carbocycles. The van der Waals surface area contributed by atoms with Crippen molar-refractivity contribution in [3.05, 3.63) is 0 Å². The van der Waals surface area contributed by atoms with Crippen molar-refractivity contribution in [2.24, 2.45) is 0 Å². The van der Waals surface area contributed by atoms with E-state index in [1.165, 1.54) is 204 Å². The molecule has 0 bridgehead atoms. The van der Waals surface area contributed by atoms with Crippen molar-refractivity contribution in [2.45, 2.75) is 205 Å². The van der Waals surface area contributed by atoms with Gasteiger partial charge in [0.25, 0.3) is 0 Å². The van der Waals surface area contributed by atoms with Crippen LogP contribution in [-0.2, 0) is 0 Å². The number of hydrogen-bond acceptors (Lipinski definition) is 3. The quantitative estimate of drug-likeness (QED) is 0.0736. The van der Waals surface area contributed by atoms with Crippen molar-refractivity contribution < 1.29 is 10.2 Å². The predicted octanol–water partition coefficient (Wildman–Crippen LogP) is 12.2. The predicted molar refractivity (Wildman–Crippen MR) is 179 cm³/mol. The fourth-order valence-electron chi connectivity index (χ4n) is 5.68. The fourth-order valence-corrected chi connectivity index (χ4v) is 6.70. The van der Waals surface area contributed by atoms with Gasteiger partial charge in [-0.15, -0.1) is 0 Å². The van der Waals surface area contributed by atoms with Gasteiger partial charge in [-0.2, -0.15) is 11.8 Å². The van der Waals surface area contributed by atoms with Crippen molar-refractivity contribution in [1.29, 1.82) is 0 Å². The molecule has 0 atom stereocenters. The summed E-state index contributed by atoms with van der Waals surface area (Å²) >= 11 is 2.21. The zero-order valence-electron chi connectivity index (χ0n) is 26.8. The molecule has 236 valence electrons. The van der Waals surface area contributed by atoms with Crippen LogP contribution in [0.4, 0.5) is 0 Å². The van der Waals surface area contributed by atoms with E-state index in [9.17, 15) is 0 Å². The second kappa shape index (κ2) is 38.3. The third kappa shape index (κ3) is 38.3. The second-order valence-corrected chi connectivity index (χ2v) is 13.6. The van der Waals surface area contributed by atoms with Gasteiger partial charge in [-0.25, -0.2) is 0 Å². The van der Waals surface area contributed by atoms with Gasteiger partial charge in [-0.05, 0) is 37.2 Å². The fraction of sp³-hybridized carbons (Fsp3) is 1.00. The maximum Gasteiger partial charge on any atom is 0.0431 e. The first kappa shape index (κ1) is 39.3. The number of hydrogen-bond donors (Lipinski definition) is 2. The van der Waals surface area contributed by atoms with Crippen LogP contribution in [0.5, 0.6) is 0 Å². The smallest absolute Gasteiger partial charge is 0.0431 e. The Hall–Kier alpha value is 0.270. The molecule has 0 spiro atoms. The summed E-state index contributed by atoms with van der Waals surface area (Å²) in [6.07, 6.45) is 44.5. The van der Waals surface area contributed by atoms with E-state index < -0.39 is 0 Å². The minimum atomic E-state index is 0.371. The molecule has 0 fully saturated rings. The van der Waals surface area contributed by atoms with E-state index in [2.05, 4.69) is 11.8 Å². The van der Waals surface area contributed by atoms with Gasteiger partial charge < -0.3 is 10.2 Å². The molecule has 0 aliphatic carbocycles. The van der Waals surface area contributed by atoms with E-state index in [4.69, 9.17) is 10.2 Å². The van der Waals surface area contributed by atoms with Gasteiger partial charge in [-0.3, -0.25) is 0 Å². The Morgan fingerprint density at radius 3 is 0.538 bits per heavy atom. The molecule has 0 heterocycles. The van der Waals surface area contributed by atoms with Gasteiger partial charge in [0.05, 0.1) is 0 Å². The molecular formula is C36H74O2S. The molecule has 0 aromatic heterocycles. The third-order valence-electron chi connectivity index (χ3n) is 8.39. The van der Waals surface area contributed by atoms with E-state index >= 15 is 0 Å². The summed E-state index contributed by atoms with van der Waals surface area (Å²) < 4.78 is 0. The van der Waals surface area contributed by atoms with E-state index in [-0.39, 0.29) is 0 Å². The van der Waals surface area contributed by atoms with Crippen LogP contribution in [0, 0.1) is 0 Å². The van der Waals surface area contributed by atoms with Crippen LogP contribution in [0.2, 0.25) is 0 Å². The maximum absolute atomic E-state index is 8.78. The maximum atomic E-state index is 8.78. The van der Waals surface area contributed by atoms with Crippen LogP contribution >= 0.6 is 11.8 Å². The zero-order valence-corrected chi connectivity index (χ0v) is 27.6. The number of aliphatic hydroxyl groups excluding tert-OH is 2. The first-order valence-corrected chi connectivity index (χ1v) is 19.4. The second-order valence-electron chi connectivity index (χ2n) is 12.4. The molecule has 0 unspecified atom stereocenters. The van der Waals surface area contributed by atoms with Crippen molar-refractivity contribution in [1.82, 2.24) is 0 Å². The lowest BCUT2D eigenvalue weighted by Crippen LogP contribution is -1.87. The molecule has 0 rings (SSSR count). The summed E-state index contributed by atoms with van der Waals surface area (Å²) in [7, 11) is 0. The van der Waals surface area contributed by atoms with Crippen LogP contribution in [0.3, 0.4) is 0 Å². The van der Waals surface area contributed by atoms with Crippen LogP contribution in [0.25, 0.3) is 0 Å². The summed E-state index contributed by atoms with van der Waals surface area (Å²) in [6, 6.07) is 0. The number of aliphatic hydroxyl groups is 2. The molecule has 39 heavy (non-hydrogen) atoms. The highest BCUT2D eigenvalue weighted by atomic mass is 32.2. The number of rotatable bonds is 36. The largest absolute Gasteiger partial charge is 0.396 e. The van der Waals surface area contributed by atoms with Crippen LogP contribution in [-0.4, -0.2) is 34.9 Å². The van der Waals surface area contributed by atoms with E-state index in [1.54, 1.807) is 0 Å². The molecule has 0 amide bonds. The standard InChI is InChI=1S/C36H74O2S/c37-33-29-25-21-17-13-9-5-1-3-7-11-15-19-23-27-31-35-39-36-32-28-24-20-16-12-8-4-2-6-10-14-18-22-26-30-34-38/h37-38H,1-36H2. The minimum Gasteiger partial charge on any atom is -0.396 e. The molecule has 0 aromatic rings. The average Bonchev–Trinajstić information content (AvgIpc) is 2.95. The minimum absolute atomic E-state index is 0.371. The Balaban J connectivity index is 3.01. The monoisotopic (exact) mass is 571 g/mol. The molecule has 3 heteroatoms. The number of unbranched alkanes of at least 4 members (excludes halogenated alkanes) is 30. The Bertz CT molecular complexity index is 368. The van der Waals surface area contributed by atoms with Gasteiger partial charge in [0, 0.05) is 13.2 Å². The molecule has 0 radical (unpaired) electrons. The summed E-state index contributed by atoms with van der Waals surface area (Å²) in [4.78, 5) is 0. The normalized spacial score (nSPS) is 11.5. The highest BCUT2D eigenvalue weighted by molar-refractivity contribution is 7.99. The summed E-state index contributed by atoms with van der Waals surface area (Å²) in [6.45, 7) is 0.742. The highest BCUT2D eigenvalue weighted by Gasteiger charge is 1.97. The Labute approximate surface area is 251 Å². The highest BCUT2D eigenvalue weighted by Crippen LogP contribution is 2.17. The van der Waals surface area contributed by atoms with Crippen molar-refractivity contribution in [2.75, 3.05) is 24.7 Å². The summed E-state index contributed by atoms with van der Waals surface area (Å²) in [5.41, 5.74) is 0. The molecule has 0 aliphatic heterocycles. The topological polar surface area (TPSA) is 40.5 Å². The molecular weight excluding hydrogens is 496 g/mol. The van der Waals surface area contributed by atoms with Gasteiger partial charge in [0.1, 0.15) is 0 Å². The SMILES string of the molecule is OCCCCCCCCCCCCCCCCCCSCCCCCCCCCCCCCCCCCCO. The molecule has 0 saturated carbocycles. The molecule has 2 nitrogen and oxygen atoms in total. The lowest BCUT2D eigenvalue weighted by molar-refractivity contribution is 0.282. The molecule has 0 aliphatic rings. The molecule has 0 saturated heterocycles. The van der Waals surface area contributed by atoms with Crippen LogP contribution in [0.1, 0.15) is 205 Å². The zero-order chi connectivity index (χ0) is 28.2. The van der Waals surface area contributed by atoms with Crippen molar-refractivity contribution in [3.8, 4) is 0 Å². The van der Waals surface area contributed by atoms with Gasteiger partial charge in [0.15, 0.2) is 0 Å². The van der Waals surface area contributed by atoms with Crippen LogP contribution in [0.15, 0.2) is 0 Å². The summed E-state index contributed by atoms with van der Waals surface area (Å²) in [5.74, 6) is 2.79.